The summed E-state index contributed by atoms with van der Waals surface area (Å²) in [7, 11) is 0. The molecule has 0 amide bonds. The summed E-state index contributed by atoms with van der Waals surface area (Å²) in [6.45, 7) is 2.89. The fraction of sp³-hybridized carbons (Fsp3) is 0.462. The van der Waals surface area contributed by atoms with Crippen LogP contribution in [0.5, 0.6) is 5.75 Å². The number of rotatable bonds is 6. The standard InChI is InChI=1S/C13H17NO/c1-12(6-5-10-14)9-11-15-13-7-3-2-4-8-13/h2-4,7-8,12H,5-6,9,11H2,1H3. The van der Waals surface area contributed by atoms with Crippen LogP contribution in [0.15, 0.2) is 30.3 Å². The van der Waals surface area contributed by atoms with Gasteiger partial charge < -0.3 is 4.74 Å². The zero-order valence-electron chi connectivity index (χ0n) is 9.15. The van der Waals surface area contributed by atoms with E-state index < -0.39 is 0 Å². The van der Waals surface area contributed by atoms with Crippen molar-refractivity contribution in [2.75, 3.05) is 6.61 Å². The summed E-state index contributed by atoms with van der Waals surface area (Å²) in [6.07, 6.45) is 2.62. The number of nitrogens with zero attached hydrogens (tertiary/aromatic N) is 1. The largest absolute Gasteiger partial charge is 0.494 e. The smallest absolute Gasteiger partial charge is 0.119 e. The number of benzene rings is 1. The maximum atomic E-state index is 8.44. The summed E-state index contributed by atoms with van der Waals surface area (Å²) in [5.41, 5.74) is 0. The van der Waals surface area contributed by atoms with Gasteiger partial charge in [0.25, 0.3) is 0 Å². The Balaban J connectivity index is 2.14. The van der Waals surface area contributed by atoms with Gasteiger partial charge in [0.2, 0.25) is 0 Å². The molecule has 0 saturated carbocycles. The Morgan fingerprint density at radius 2 is 2.00 bits per heavy atom. The number of hydrogen-bond donors (Lipinski definition) is 0. The van der Waals surface area contributed by atoms with Gasteiger partial charge in [-0.3, -0.25) is 0 Å². The number of para-hydroxylation sites is 1. The first kappa shape index (κ1) is 11.6. The van der Waals surface area contributed by atoms with E-state index in [4.69, 9.17) is 10.00 Å². The lowest BCUT2D eigenvalue weighted by Gasteiger charge is -2.10. The first-order valence-corrected chi connectivity index (χ1v) is 5.37. The van der Waals surface area contributed by atoms with Crippen LogP contribution in [0.25, 0.3) is 0 Å². The monoisotopic (exact) mass is 203 g/mol. The fourth-order valence-electron chi connectivity index (χ4n) is 1.35. The third-order valence-corrected chi connectivity index (χ3v) is 2.37. The van der Waals surface area contributed by atoms with Crippen molar-refractivity contribution >= 4 is 0 Å². The van der Waals surface area contributed by atoms with Crippen molar-refractivity contribution in [1.82, 2.24) is 0 Å². The van der Waals surface area contributed by atoms with E-state index in [0.717, 1.165) is 25.2 Å². The van der Waals surface area contributed by atoms with Crippen molar-refractivity contribution in [2.24, 2.45) is 5.92 Å². The molecule has 0 bridgehead atoms. The summed E-state index contributed by atoms with van der Waals surface area (Å²) in [4.78, 5) is 0. The topological polar surface area (TPSA) is 33.0 Å². The average molecular weight is 203 g/mol. The average Bonchev–Trinajstić information content (AvgIpc) is 2.28. The Kier molecular flexibility index (Phi) is 5.32. The zero-order valence-corrected chi connectivity index (χ0v) is 9.15. The SMILES string of the molecule is CC(CCC#N)CCOc1ccccc1. The van der Waals surface area contributed by atoms with Crippen molar-refractivity contribution in [3.63, 3.8) is 0 Å². The van der Waals surface area contributed by atoms with Crippen LogP contribution in [-0.4, -0.2) is 6.61 Å². The maximum Gasteiger partial charge on any atom is 0.119 e. The normalized spacial score (nSPS) is 11.7. The third-order valence-electron chi connectivity index (χ3n) is 2.37. The Labute approximate surface area is 91.5 Å². The van der Waals surface area contributed by atoms with E-state index in [1.165, 1.54) is 0 Å². The van der Waals surface area contributed by atoms with Crippen molar-refractivity contribution < 1.29 is 4.74 Å². The molecule has 1 atom stereocenters. The van der Waals surface area contributed by atoms with Gasteiger partial charge in [-0.25, -0.2) is 0 Å². The van der Waals surface area contributed by atoms with Crippen LogP contribution in [0.4, 0.5) is 0 Å². The molecule has 0 N–H and O–H groups in total. The molecule has 80 valence electrons. The summed E-state index contributed by atoms with van der Waals surface area (Å²) < 4.78 is 5.57. The van der Waals surface area contributed by atoms with Crippen molar-refractivity contribution in [3.8, 4) is 11.8 Å². The predicted octanol–water partition coefficient (Wildman–Crippen LogP) is 3.40. The highest BCUT2D eigenvalue weighted by Gasteiger charge is 2.01. The molecule has 0 aliphatic carbocycles. The van der Waals surface area contributed by atoms with E-state index in [0.29, 0.717) is 12.3 Å². The van der Waals surface area contributed by atoms with Gasteiger partial charge in [0.15, 0.2) is 0 Å². The van der Waals surface area contributed by atoms with Crippen LogP contribution < -0.4 is 4.74 Å². The van der Waals surface area contributed by atoms with E-state index in [2.05, 4.69) is 13.0 Å². The van der Waals surface area contributed by atoms with Gasteiger partial charge in [0.05, 0.1) is 12.7 Å². The summed E-state index contributed by atoms with van der Waals surface area (Å²) >= 11 is 0. The van der Waals surface area contributed by atoms with Crippen LogP contribution >= 0.6 is 0 Å². The Hall–Kier alpha value is -1.49. The highest BCUT2D eigenvalue weighted by atomic mass is 16.5. The molecule has 15 heavy (non-hydrogen) atoms. The maximum absolute atomic E-state index is 8.44. The Morgan fingerprint density at radius 1 is 1.27 bits per heavy atom. The molecule has 1 rings (SSSR count). The Morgan fingerprint density at radius 3 is 2.67 bits per heavy atom. The molecule has 0 saturated heterocycles. The van der Waals surface area contributed by atoms with E-state index >= 15 is 0 Å². The van der Waals surface area contributed by atoms with Crippen molar-refractivity contribution in [1.29, 1.82) is 5.26 Å². The molecule has 0 spiro atoms. The molecular formula is C13H17NO. The summed E-state index contributed by atoms with van der Waals surface area (Å²) in [5, 5.41) is 8.44. The molecule has 0 radical (unpaired) electrons. The lowest BCUT2D eigenvalue weighted by atomic mass is 10.0. The zero-order chi connectivity index (χ0) is 10.9. The van der Waals surface area contributed by atoms with Crippen LogP contribution in [0, 0.1) is 17.2 Å². The highest BCUT2D eigenvalue weighted by Crippen LogP contribution is 2.13. The first-order valence-electron chi connectivity index (χ1n) is 5.37. The first-order chi connectivity index (χ1) is 7.33. The molecule has 2 nitrogen and oxygen atoms in total. The van der Waals surface area contributed by atoms with E-state index in [1.807, 2.05) is 30.3 Å². The molecule has 1 unspecified atom stereocenters. The molecular weight excluding hydrogens is 186 g/mol. The van der Waals surface area contributed by atoms with Crippen LogP contribution in [0.1, 0.15) is 26.2 Å². The fourth-order valence-corrected chi connectivity index (χ4v) is 1.35. The number of hydrogen-bond acceptors (Lipinski definition) is 2. The molecule has 0 aromatic heterocycles. The van der Waals surface area contributed by atoms with Gasteiger partial charge in [0.1, 0.15) is 5.75 Å². The lowest BCUT2D eigenvalue weighted by molar-refractivity contribution is 0.280. The van der Waals surface area contributed by atoms with Crippen molar-refractivity contribution in [2.45, 2.75) is 26.2 Å². The van der Waals surface area contributed by atoms with Crippen LogP contribution in [0.3, 0.4) is 0 Å². The van der Waals surface area contributed by atoms with Crippen LogP contribution in [0.2, 0.25) is 0 Å². The minimum atomic E-state index is 0.563. The minimum absolute atomic E-state index is 0.563. The lowest BCUT2D eigenvalue weighted by Crippen LogP contribution is -2.03. The van der Waals surface area contributed by atoms with E-state index in [-0.39, 0.29) is 0 Å². The van der Waals surface area contributed by atoms with Gasteiger partial charge in [-0.2, -0.15) is 5.26 Å². The molecule has 0 heterocycles. The molecule has 0 fully saturated rings. The van der Waals surface area contributed by atoms with Gasteiger partial charge in [-0.15, -0.1) is 0 Å². The van der Waals surface area contributed by atoms with Crippen LogP contribution in [-0.2, 0) is 0 Å². The number of ether oxygens (including phenoxy) is 1. The van der Waals surface area contributed by atoms with E-state index in [9.17, 15) is 0 Å². The van der Waals surface area contributed by atoms with Gasteiger partial charge in [0, 0.05) is 6.42 Å². The number of nitriles is 1. The van der Waals surface area contributed by atoms with E-state index in [1.54, 1.807) is 0 Å². The second kappa shape index (κ2) is 6.89. The molecule has 2 heteroatoms. The van der Waals surface area contributed by atoms with Gasteiger partial charge >= 0.3 is 0 Å². The van der Waals surface area contributed by atoms with Crippen molar-refractivity contribution in [3.05, 3.63) is 30.3 Å². The summed E-state index contributed by atoms with van der Waals surface area (Å²) in [5.74, 6) is 1.48. The predicted molar refractivity (Wildman–Crippen MR) is 60.6 cm³/mol. The Bertz CT molecular complexity index is 302. The third kappa shape index (κ3) is 5.07. The molecule has 0 aliphatic heterocycles. The molecule has 0 aliphatic rings. The second-order valence-electron chi connectivity index (χ2n) is 3.75. The second-order valence-corrected chi connectivity index (χ2v) is 3.75. The quantitative estimate of drug-likeness (QED) is 0.710. The van der Waals surface area contributed by atoms with Gasteiger partial charge in [-0.05, 0) is 30.9 Å². The minimum Gasteiger partial charge on any atom is -0.494 e. The molecule has 1 aromatic rings. The highest BCUT2D eigenvalue weighted by molar-refractivity contribution is 5.20. The molecule has 1 aromatic carbocycles. The summed E-state index contributed by atoms with van der Waals surface area (Å²) in [6, 6.07) is 12.0. The van der Waals surface area contributed by atoms with Gasteiger partial charge in [-0.1, -0.05) is 25.1 Å².